The summed E-state index contributed by atoms with van der Waals surface area (Å²) in [4.78, 5) is 29.2. The molecule has 8 heteroatoms. The first-order chi connectivity index (χ1) is 13.0. The van der Waals surface area contributed by atoms with E-state index in [-0.39, 0.29) is 28.8 Å². The Morgan fingerprint density at radius 1 is 1.15 bits per heavy atom. The van der Waals surface area contributed by atoms with Crippen molar-refractivity contribution in [2.75, 3.05) is 39.3 Å². The van der Waals surface area contributed by atoms with E-state index in [1.54, 1.807) is 6.07 Å². The fourth-order valence-electron chi connectivity index (χ4n) is 3.01. The first-order valence-corrected chi connectivity index (χ1v) is 10.0. The summed E-state index contributed by atoms with van der Waals surface area (Å²) in [5, 5.41) is 4.97. The average molecular weight is 410 g/mol. The third-order valence-electron chi connectivity index (χ3n) is 4.54. The minimum Gasteiger partial charge on any atom is -0.355 e. The van der Waals surface area contributed by atoms with Crippen LogP contribution >= 0.6 is 22.9 Å². The smallest absolute Gasteiger partial charge is 0.264 e. The lowest BCUT2D eigenvalue weighted by Gasteiger charge is -2.34. The number of hydrogen-bond acceptors (Lipinski definition) is 4. The highest BCUT2D eigenvalue weighted by Gasteiger charge is 2.22. The molecule has 2 aromatic rings. The van der Waals surface area contributed by atoms with Gasteiger partial charge in [-0.15, -0.1) is 11.3 Å². The molecule has 1 fully saturated rings. The molecule has 0 bridgehead atoms. The van der Waals surface area contributed by atoms with Crippen LogP contribution in [0.2, 0.25) is 5.02 Å². The lowest BCUT2D eigenvalue weighted by molar-refractivity contribution is -0.120. The van der Waals surface area contributed by atoms with Crippen LogP contribution in [0.3, 0.4) is 0 Å². The maximum atomic E-state index is 13.7. The number of rotatable bonds is 6. The number of hydrogen-bond donors (Lipinski definition) is 1. The number of nitrogens with zero attached hydrogens (tertiary/aromatic N) is 2. The van der Waals surface area contributed by atoms with E-state index in [0.717, 1.165) is 18.0 Å². The molecule has 0 aliphatic carbocycles. The molecule has 1 aliphatic heterocycles. The predicted octanol–water partition coefficient (Wildman–Crippen LogP) is 2.66. The van der Waals surface area contributed by atoms with E-state index in [9.17, 15) is 14.0 Å². The number of halogens is 2. The number of thiophene rings is 1. The maximum absolute atomic E-state index is 13.7. The summed E-state index contributed by atoms with van der Waals surface area (Å²) < 4.78 is 13.7. The lowest BCUT2D eigenvalue weighted by Crippen LogP contribution is -2.50. The third-order valence-corrected chi connectivity index (χ3v) is 5.75. The second kappa shape index (κ2) is 9.30. The molecule has 0 saturated carbocycles. The SMILES string of the molecule is O=C(Cc1c(F)cccc1Cl)NCCN1CCN(C(=O)c2cccs2)CC1. The van der Waals surface area contributed by atoms with Crippen molar-refractivity contribution in [3.63, 3.8) is 0 Å². The average Bonchev–Trinajstić information content (AvgIpc) is 3.20. The van der Waals surface area contributed by atoms with Crippen LogP contribution in [0.5, 0.6) is 0 Å². The molecule has 2 amide bonds. The van der Waals surface area contributed by atoms with Crippen molar-refractivity contribution in [2.24, 2.45) is 0 Å². The molecular weight excluding hydrogens is 389 g/mol. The van der Waals surface area contributed by atoms with Crippen LogP contribution < -0.4 is 5.32 Å². The Morgan fingerprint density at radius 2 is 1.93 bits per heavy atom. The van der Waals surface area contributed by atoms with Crippen LogP contribution in [0.25, 0.3) is 0 Å². The molecule has 0 radical (unpaired) electrons. The summed E-state index contributed by atoms with van der Waals surface area (Å²) in [6, 6.07) is 8.11. The van der Waals surface area contributed by atoms with E-state index in [1.807, 2.05) is 22.4 Å². The molecule has 1 aliphatic rings. The Kier molecular flexibility index (Phi) is 6.82. The van der Waals surface area contributed by atoms with Gasteiger partial charge in [-0.1, -0.05) is 23.7 Å². The Morgan fingerprint density at radius 3 is 2.59 bits per heavy atom. The van der Waals surface area contributed by atoms with Gasteiger partial charge in [-0.3, -0.25) is 14.5 Å². The highest BCUT2D eigenvalue weighted by atomic mass is 35.5. The molecule has 5 nitrogen and oxygen atoms in total. The van der Waals surface area contributed by atoms with Crippen molar-refractivity contribution >= 4 is 34.8 Å². The van der Waals surface area contributed by atoms with E-state index in [1.165, 1.54) is 23.5 Å². The van der Waals surface area contributed by atoms with Crippen LogP contribution in [0.1, 0.15) is 15.2 Å². The highest BCUT2D eigenvalue weighted by Crippen LogP contribution is 2.19. The predicted molar refractivity (Wildman–Crippen MR) is 105 cm³/mol. The molecule has 1 aromatic heterocycles. The Balaban J connectivity index is 1.38. The highest BCUT2D eigenvalue weighted by molar-refractivity contribution is 7.12. The number of carbonyl (C=O) groups is 2. The molecule has 27 heavy (non-hydrogen) atoms. The molecule has 144 valence electrons. The number of amides is 2. The van der Waals surface area contributed by atoms with Gasteiger partial charge >= 0.3 is 0 Å². The molecule has 0 unspecified atom stereocenters. The van der Waals surface area contributed by atoms with Gasteiger partial charge in [0.15, 0.2) is 0 Å². The lowest BCUT2D eigenvalue weighted by atomic mass is 10.1. The Labute approximate surface area is 166 Å². The van der Waals surface area contributed by atoms with Crippen molar-refractivity contribution in [1.82, 2.24) is 15.1 Å². The minimum atomic E-state index is -0.468. The monoisotopic (exact) mass is 409 g/mol. The third kappa shape index (κ3) is 5.28. The van der Waals surface area contributed by atoms with Gasteiger partial charge in [0.1, 0.15) is 5.82 Å². The normalized spacial score (nSPS) is 15.0. The zero-order valence-corrected chi connectivity index (χ0v) is 16.4. The van der Waals surface area contributed by atoms with Crippen LogP contribution in [-0.2, 0) is 11.2 Å². The van der Waals surface area contributed by atoms with E-state index in [2.05, 4.69) is 10.2 Å². The molecule has 1 saturated heterocycles. The van der Waals surface area contributed by atoms with E-state index >= 15 is 0 Å². The van der Waals surface area contributed by atoms with Gasteiger partial charge < -0.3 is 10.2 Å². The van der Waals surface area contributed by atoms with Crippen LogP contribution in [0.15, 0.2) is 35.7 Å². The zero-order chi connectivity index (χ0) is 19.2. The molecule has 0 atom stereocenters. The Hall–Kier alpha value is -1.96. The summed E-state index contributed by atoms with van der Waals surface area (Å²) in [7, 11) is 0. The second-order valence-corrected chi connectivity index (χ2v) is 7.69. The zero-order valence-electron chi connectivity index (χ0n) is 14.8. The first-order valence-electron chi connectivity index (χ1n) is 8.79. The van der Waals surface area contributed by atoms with Crippen molar-refractivity contribution in [1.29, 1.82) is 0 Å². The van der Waals surface area contributed by atoms with Gasteiger partial charge in [0.2, 0.25) is 5.91 Å². The number of piperazine rings is 1. The number of nitrogens with one attached hydrogen (secondary N) is 1. The Bertz CT molecular complexity index is 772. The van der Waals surface area contributed by atoms with E-state index < -0.39 is 5.82 Å². The van der Waals surface area contributed by atoms with Crippen LogP contribution in [0, 0.1) is 5.82 Å². The maximum Gasteiger partial charge on any atom is 0.264 e. The molecule has 0 spiro atoms. The molecular formula is C19H21ClFN3O2S. The van der Waals surface area contributed by atoms with Crippen molar-refractivity contribution in [3.05, 3.63) is 57.0 Å². The van der Waals surface area contributed by atoms with Crippen LogP contribution in [0.4, 0.5) is 4.39 Å². The summed E-state index contributed by atoms with van der Waals surface area (Å²) in [6.07, 6.45) is -0.0748. The van der Waals surface area contributed by atoms with Crippen molar-refractivity contribution < 1.29 is 14.0 Å². The number of benzene rings is 1. The fourth-order valence-corrected chi connectivity index (χ4v) is 3.93. The van der Waals surface area contributed by atoms with Gasteiger partial charge in [0, 0.05) is 49.9 Å². The van der Waals surface area contributed by atoms with Gasteiger partial charge in [0.25, 0.3) is 5.91 Å². The largest absolute Gasteiger partial charge is 0.355 e. The summed E-state index contributed by atoms with van der Waals surface area (Å²) in [5.41, 5.74) is 0.220. The second-order valence-electron chi connectivity index (χ2n) is 6.34. The quantitative estimate of drug-likeness (QED) is 0.798. The van der Waals surface area contributed by atoms with Gasteiger partial charge in [0.05, 0.1) is 11.3 Å². The van der Waals surface area contributed by atoms with Gasteiger partial charge in [-0.2, -0.15) is 0 Å². The fraction of sp³-hybridized carbons (Fsp3) is 0.368. The molecule has 3 rings (SSSR count). The van der Waals surface area contributed by atoms with Gasteiger partial charge in [-0.05, 0) is 23.6 Å². The first kappa shape index (κ1) is 19.8. The summed E-state index contributed by atoms with van der Waals surface area (Å²) >= 11 is 7.40. The number of carbonyl (C=O) groups excluding carboxylic acids is 2. The summed E-state index contributed by atoms with van der Waals surface area (Å²) in [5.74, 6) is -0.641. The van der Waals surface area contributed by atoms with E-state index in [0.29, 0.717) is 26.2 Å². The van der Waals surface area contributed by atoms with Crippen molar-refractivity contribution in [2.45, 2.75) is 6.42 Å². The topological polar surface area (TPSA) is 52.7 Å². The molecule has 2 heterocycles. The summed E-state index contributed by atoms with van der Waals surface area (Å²) in [6.45, 7) is 4.06. The van der Waals surface area contributed by atoms with Gasteiger partial charge in [-0.25, -0.2) is 4.39 Å². The van der Waals surface area contributed by atoms with Crippen LogP contribution in [-0.4, -0.2) is 60.9 Å². The van der Waals surface area contributed by atoms with E-state index in [4.69, 9.17) is 11.6 Å². The molecule has 1 N–H and O–H groups in total. The standard InChI is InChI=1S/C19H21ClFN3O2S/c20-15-3-1-4-16(21)14(15)13-18(25)22-6-7-23-8-10-24(11-9-23)19(26)17-5-2-12-27-17/h1-5,12H,6-11,13H2,(H,22,25). The molecule has 1 aromatic carbocycles. The van der Waals surface area contributed by atoms with Crippen molar-refractivity contribution in [3.8, 4) is 0 Å². The minimum absolute atomic E-state index is 0.0748.